The number of hydrogen-bond donors (Lipinski definition) is 2. The number of nitrogens with zero attached hydrogens (tertiary/aromatic N) is 4. The normalized spacial score (nSPS) is 16.0. The van der Waals surface area contributed by atoms with Gasteiger partial charge in [-0.3, -0.25) is 9.58 Å². The molecule has 114 valence electrons. The van der Waals surface area contributed by atoms with Gasteiger partial charge in [0.15, 0.2) is 0 Å². The maximum atomic E-state index is 9.67. The third-order valence-electron chi connectivity index (χ3n) is 3.87. The predicted octanol–water partition coefficient (Wildman–Crippen LogP) is 0.796. The predicted molar refractivity (Wildman–Crippen MR) is 79.5 cm³/mol. The molecule has 0 amide bonds. The Morgan fingerprint density at radius 2 is 2.18 bits per heavy atom. The van der Waals surface area contributed by atoms with Crippen molar-refractivity contribution >= 4 is 0 Å². The lowest BCUT2D eigenvalue weighted by atomic mass is 10.1. The molecule has 1 aromatic carbocycles. The largest absolute Gasteiger partial charge is 0.393 e. The summed E-state index contributed by atoms with van der Waals surface area (Å²) in [6.07, 6.45) is -0.918. The Kier molecular flexibility index (Phi) is 4.20. The number of aromatic nitrogens is 2. The molecule has 0 aliphatic carbocycles. The van der Waals surface area contributed by atoms with Crippen molar-refractivity contribution in [3.63, 3.8) is 0 Å². The van der Waals surface area contributed by atoms with E-state index in [1.807, 2.05) is 28.9 Å². The summed E-state index contributed by atoms with van der Waals surface area (Å²) >= 11 is 0. The number of aliphatic hydroxyl groups is 2. The molecule has 0 saturated carbocycles. The summed E-state index contributed by atoms with van der Waals surface area (Å²) in [5.41, 5.74) is 3.34. The van der Waals surface area contributed by atoms with Crippen LogP contribution in [0.5, 0.6) is 0 Å². The minimum atomic E-state index is -0.918. The minimum absolute atomic E-state index is 0.318. The van der Waals surface area contributed by atoms with E-state index in [9.17, 15) is 5.11 Å². The lowest BCUT2D eigenvalue weighted by Gasteiger charge is -2.27. The lowest BCUT2D eigenvalue weighted by molar-refractivity contribution is 0.0915. The van der Waals surface area contributed by atoms with Gasteiger partial charge in [-0.2, -0.15) is 10.4 Å². The van der Waals surface area contributed by atoms with Crippen LogP contribution in [-0.4, -0.2) is 38.0 Å². The molecule has 1 aromatic heterocycles. The minimum Gasteiger partial charge on any atom is -0.393 e. The second-order valence-electron chi connectivity index (χ2n) is 5.50. The second-order valence-corrected chi connectivity index (χ2v) is 5.50. The molecule has 3 rings (SSSR count). The van der Waals surface area contributed by atoms with Gasteiger partial charge in [0.2, 0.25) is 0 Å². The highest BCUT2D eigenvalue weighted by Gasteiger charge is 2.20. The molecule has 22 heavy (non-hydrogen) atoms. The molecule has 0 fully saturated rings. The van der Waals surface area contributed by atoms with Crippen LogP contribution in [0.1, 0.15) is 28.6 Å². The fraction of sp³-hybridized carbons (Fsp3) is 0.375. The molecule has 6 nitrogen and oxygen atoms in total. The van der Waals surface area contributed by atoms with E-state index in [1.165, 1.54) is 0 Å². The SMILES string of the molecule is N#Cc1cccc(CN2CCn3nc([C@H](O)CO)cc3C2)c1. The molecule has 2 N–H and O–H groups in total. The third-order valence-corrected chi connectivity index (χ3v) is 3.87. The summed E-state index contributed by atoms with van der Waals surface area (Å²) in [5, 5.41) is 32.0. The topological polar surface area (TPSA) is 85.3 Å². The summed E-state index contributed by atoms with van der Waals surface area (Å²) in [4.78, 5) is 2.28. The van der Waals surface area contributed by atoms with Gasteiger partial charge in [-0.25, -0.2) is 0 Å². The molecular weight excluding hydrogens is 280 g/mol. The standard InChI is InChI=1S/C16H18N4O2/c17-8-12-2-1-3-13(6-12)9-19-4-5-20-14(10-19)7-15(18-20)16(22)11-21/h1-3,6-7,16,21-22H,4-5,9-11H2/t16-/m1/s1. The van der Waals surface area contributed by atoms with Gasteiger partial charge in [-0.1, -0.05) is 12.1 Å². The summed E-state index contributed by atoms with van der Waals surface area (Å²) in [7, 11) is 0. The molecule has 1 atom stereocenters. The molecular formula is C16H18N4O2. The van der Waals surface area contributed by atoms with Crippen molar-refractivity contribution in [1.82, 2.24) is 14.7 Å². The number of aliphatic hydroxyl groups excluding tert-OH is 2. The van der Waals surface area contributed by atoms with E-state index < -0.39 is 6.10 Å². The Hall–Kier alpha value is -2.20. The number of benzene rings is 1. The lowest BCUT2D eigenvalue weighted by Crippen LogP contribution is -2.33. The first-order chi connectivity index (χ1) is 10.7. The van der Waals surface area contributed by atoms with E-state index >= 15 is 0 Å². The van der Waals surface area contributed by atoms with Crippen LogP contribution in [-0.2, 0) is 19.6 Å². The van der Waals surface area contributed by atoms with Crippen molar-refractivity contribution in [2.24, 2.45) is 0 Å². The fourth-order valence-electron chi connectivity index (χ4n) is 2.73. The van der Waals surface area contributed by atoms with Crippen molar-refractivity contribution in [2.75, 3.05) is 13.2 Å². The molecule has 0 unspecified atom stereocenters. The summed E-state index contributed by atoms with van der Waals surface area (Å²) in [5.74, 6) is 0. The highest BCUT2D eigenvalue weighted by atomic mass is 16.3. The molecule has 6 heteroatoms. The summed E-state index contributed by atoms with van der Waals surface area (Å²) in [6, 6.07) is 11.6. The van der Waals surface area contributed by atoms with Gasteiger partial charge < -0.3 is 10.2 Å². The Bertz CT molecular complexity index is 704. The van der Waals surface area contributed by atoms with Gasteiger partial charge in [-0.05, 0) is 23.8 Å². The molecule has 0 saturated heterocycles. The zero-order valence-corrected chi connectivity index (χ0v) is 12.2. The van der Waals surface area contributed by atoms with Gasteiger partial charge in [0.25, 0.3) is 0 Å². The van der Waals surface area contributed by atoms with Crippen molar-refractivity contribution in [1.29, 1.82) is 5.26 Å². The highest BCUT2D eigenvalue weighted by molar-refractivity contribution is 5.32. The molecule has 2 aromatic rings. The van der Waals surface area contributed by atoms with Crippen LogP contribution < -0.4 is 0 Å². The summed E-state index contributed by atoms with van der Waals surface area (Å²) in [6.45, 7) is 2.81. The van der Waals surface area contributed by atoms with E-state index in [1.54, 1.807) is 6.07 Å². The molecule has 1 aliphatic rings. The van der Waals surface area contributed by atoms with E-state index in [-0.39, 0.29) is 6.61 Å². The van der Waals surface area contributed by atoms with Crippen molar-refractivity contribution in [3.8, 4) is 6.07 Å². The van der Waals surface area contributed by atoms with Crippen molar-refractivity contribution < 1.29 is 10.2 Å². The Balaban J connectivity index is 1.71. The number of rotatable bonds is 4. The van der Waals surface area contributed by atoms with Crippen LogP contribution >= 0.6 is 0 Å². The molecule has 0 radical (unpaired) electrons. The molecule has 0 spiro atoms. The van der Waals surface area contributed by atoms with Crippen LogP contribution in [0.25, 0.3) is 0 Å². The Labute approximate surface area is 128 Å². The average molecular weight is 298 g/mol. The molecule has 2 heterocycles. The van der Waals surface area contributed by atoms with E-state index in [0.29, 0.717) is 11.3 Å². The van der Waals surface area contributed by atoms with Gasteiger partial charge in [-0.15, -0.1) is 0 Å². The van der Waals surface area contributed by atoms with E-state index in [2.05, 4.69) is 16.1 Å². The van der Waals surface area contributed by atoms with Crippen LogP contribution in [0, 0.1) is 11.3 Å². The van der Waals surface area contributed by atoms with E-state index in [0.717, 1.165) is 37.4 Å². The quantitative estimate of drug-likeness (QED) is 0.872. The maximum absolute atomic E-state index is 9.67. The zero-order chi connectivity index (χ0) is 15.5. The highest BCUT2D eigenvalue weighted by Crippen LogP contribution is 2.19. The van der Waals surface area contributed by atoms with Gasteiger partial charge >= 0.3 is 0 Å². The smallest absolute Gasteiger partial charge is 0.121 e. The molecule has 1 aliphatic heterocycles. The Morgan fingerprint density at radius 1 is 1.32 bits per heavy atom. The van der Waals surface area contributed by atoms with Crippen molar-refractivity contribution in [3.05, 3.63) is 52.8 Å². The van der Waals surface area contributed by atoms with Crippen LogP contribution in [0.15, 0.2) is 30.3 Å². The average Bonchev–Trinajstić information content (AvgIpc) is 2.97. The Morgan fingerprint density at radius 3 is 2.95 bits per heavy atom. The molecule has 0 bridgehead atoms. The van der Waals surface area contributed by atoms with E-state index in [4.69, 9.17) is 10.4 Å². The first-order valence-electron chi connectivity index (χ1n) is 7.26. The number of fused-ring (bicyclic) bond motifs is 1. The monoisotopic (exact) mass is 298 g/mol. The number of hydrogen-bond acceptors (Lipinski definition) is 5. The van der Waals surface area contributed by atoms with Gasteiger partial charge in [0.05, 0.1) is 36.2 Å². The number of nitriles is 1. The zero-order valence-electron chi connectivity index (χ0n) is 12.2. The fourth-order valence-corrected chi connectivity index (χ4v) is 2.73. The van der Waals surface area contributed by atoms with Gasteiger partial charge in [0, 0.05) is 19.6 Å². The van der Waals surface area contributed by atoms with Crippen molar-refractivity contribution in [2.45, 2.75) is 25.7 Å². The van der Waals surface area contributed by atoms with Crippen LogP contribution in [0.3, 0.4) is 0 Å². The van der Waals surface area contributed by atoms with Crippen LogP contribution in [0.4, 0.5) is 0 Å². The van der Waals surface area contributed by atoms with Crippen LogP contribution in [0.2, 0.25) is 0 Å². The first kappa shape index (κ1) is 14.7. The third kappa shape index (κ3) is 3.02. The summed E-state index contributed by atoms with van der Waals surface area (Å²) < 4.78 is 1.89. The first-order valence-corrected chi connectivity index (χ1v) is 7.26. The van der Waals surface area contributed by atoms with Gasteiger partial charge in [0.1, 0.15) is 6.10 Å². The second kappa shape index (κ2) is 6.28. The maximum Gasteiger partial charge on any atom is 0.121 e.